The molecule has 17 heavy (non-hydrogen) atoms. The van der Waals surface area contributed by atoms with Gasteiger partial charge in [-0.25, -0.2) is 0 Å². The van der Waals surface area contributed by atoms with Crippen LogP contribution in [0.3, 0.4) is 0 Å². The van der Waals surface area contributed by atoms with E-state index in [0.717, 1.165) is 29.7 Å². The number of aliphatic carboxylic acids is 1. The summed E-state index contributed by atoms with van der Waals surface area (Å²) in [5.74, 6) is -0.407. The van der Waals surface area contributed by atoms with Crippen LogP contribution in [0.4, 0.5) is 0 Å². The van der Waals surface area contributed by atoms with E-state index >= 15 is 0 Å². The van der Waals surface area contributed by atoms with Crippen LogP contribution in [0.15, 0.2) is 24.3 Å². The molecule has 1 aliphatic carbocycles. The van der Waals surface area contributed by atoms with E-state index in [0.29, 0.717) is 0 Å². The lowest BCUT2D eigenvalue weighted by atomic mass is 9.84. The van der Waals surface area contributed by atoms with Gasteiger partial charge >= 0.3 is 5.97 Å². The molecule has 0 fully saturated rings. The molecule has 0 spiro atoms. The third kappa shape index (κ3) is 2.18. The maximum atomic E-state index is 11.1. The van der Waals surface area contributed by atoms with Crippen LogP contribution < -0.4 is 4.74 Å². The van der Waals surface area contributed by atoms with Gasteiger partial charge in [0.2, 0.25) is 0 Å². The van der Waals surface area contributed by atoms with E-state index in [4.69, 9.17) is 9.84 Å². The average Bonchev–Trinajstić information content (AvgIpc) is 2.36. The van der Waals surface area contributed by atoms with Crippen molar-refractivity contribution in [3.8, 4) is 5.75 Å². The van der Waals surface area contributed by atoms with Crippen LogP contribution in [0.5, 0.6) is 5.75 Å². The first-order valence-electron chi connectivity index (χ1n) is 5.73. The lowest BCUT2D eigenvalue weighted by molar-refractivity contribution is -0.139. The van der Waals surface area contributed by atoms with Crippen molar-refractivity contribution >= 4 is 11.5 Å². The first kappa shape index (κ1) is 11.7. The third-order valence-electron chi connectivity index (χ3n) is 3.24. The van der Waals surface area contributed by atoms with Crippen LogP contribution >= 0.6 is 0 Å². The number of allylic oxidation sites excluding steroid dienone is 1. The summed E-state index contributed by atoms with van der Waals surface area (Å²) >= 11 is 0. The van der Waals surface area contributed by atoms with Crippen molar-refractivity contribution in [2.45, 2.75) is 19.8 Å². The molecule has 2 rings (SSSR count). The number of aryl methyl sites for hydroxylation is 1. The largest absolute Gasteiger partial charge is 0.497 e. The second-order valence-corrected chi connectivity index (χ2v) is 4.28. The second-order valence-electron chi connectivity index (χ2n) is 4.28. The molecule has 0 bridgehead atoms. The maximum Gasteiger partial charge on any atom is 0.310 e. The zero-order valence-corrected chi connectivity index (χ0v) is 10.1. The molecule has 1 atom stereocenters. The molecule has 1 aliphatic rings. The van der Waals surface area contributed by atoms with Gasteiger partial charge in [-0.1, -0.05) is 12.1 Å². The minimum atomic E-state index is -0.778. The zero-order chi connectivity index (χ0) is 12.4. The molecule has 3 nitrogen and oxygen atoms in total. The first-order chi connectivity index (χ1) is 8.13. The third-order valence-corrected chi connectivity index (χ3v) is 3.24. The fourth-order valence-electron chi connectivity index (χ4n) is 2.22. The Morgan fingerprint density at radius 2 is 2.24 bits per heavy atom. The zero-order valence-electron chi connectivity index (χ0n) is 10.1. The van der Waals surface area contributed by atoms with Gasteiger partial charge in [-0.2, -0.15) is 0 Å². The van der Waals surface area contributed by atoms with E-state index < -0.39 is 11.9 Å². The molecule has 0 heterocycles. The minimum Gasteiger partial charge on any atom is -0.497 e. The SMILES string of the molecule is COc1ccc2c(c1)CCC=C2[C@H](C)C(=O)O. The number of fused-ring (bicyclic) bond motifs is 1. The fourth-order valence-corrected chi connectivity index (χ4v) is 2.22. The van der Waals surface area contributed by atoms with Crippen molar-refractivity contribution in [3.63, 3.8) is 0 Å². The van der Waals surface area contributed by atoms with E-state index in [9.17, 15) is 4.79 Å². The molecule has 1 aromatic rings. The summed E-state index contributed by atoms with van der Waals surface area (Å²) < 4.78 is 5.19. The van der Waals surface area contributed by atoms with Gasteiger partial charge in [0.25, 0.3) is 0 Å². The van der Waals surface area contributed by atoms with Gasteiger partial charge in [0.1, 0.15) is 5.75 Å². The number of carboxylic acids is 1. The summed E-state index contributed by atoms with van der Waals surface area (Å²) in [6, 6.07) is 5.84. The summed E-state index contributed by atoms with van der Waals surface area (Å²) in [4.78, 5) is 11.1. The Kier molecular flexibility index (Phi) is 3.18. The Morgan fingerprint density at radius 3 is 2.88 bits per heavy atom. The smallest absolute Gasteiger partial charge is 0.310 e. The summed E-state index contributed by atoms with van der Waals surface area (Å²) in [7, 11) is 1.64. The summed E-state index contributed by atoms with van der Waals surface area (Å²) in [5, 5.41) is 9.10. The number of rotatable bonds is 3. The molecule has 0 aliphatic heterocycles. The van der Waals surface area contributed by atoms with Gasteiger partial charge in [0.15, 0.2) is 0 Å². The number of ether oxygens (including phenoxy) is 1. The average molecular weight is 232 g/mol. The van der Waals surface area contributed by atoms with Crippen molar-refractivity contribution in [1.82, 2.24) is 0 Å². The summed E-state index contributed by atoms with van der Waals surface area (Å²) in [5.41, 5.74) is 3.14. The predicted octanol–water partition coefficient (Wildman–Crippen LogP) is 2.75. The van der Waals surface area contributed by atoms with Gasteiger partial charge in [-0.15, -0.1) is 0 Å². The van der Waals surface area contributed by atoms with E-state index in [1.807, 2.05) is 24.3 Å². The Morgan fingerprint density at radius 1 is 1.47 bits per heavy atom. The van der Waals surface area contributed by atoms with Gasteiger partial charge < -0.3 is 9.84 Å². The molecule has 0 unspecified atom stereocenters. The highest BCUT2D eigenvalue weighted by Gasteiger charge is 2.22. The maximum absolute atomic E-state index is 11.1. The number of methoxy groups -OCH3 is 1. The highest BCUT2D eigenvalue weighted by molar-refractivity contribution is 5.88. The van der Waals surface area contributed by atoms with Crippen molar-refractivity contribution in [2.24, 2.45) is 5.92 Å². The van der Waals surface area contributed by atoms with Crippen LogP contribution in [0.25, 0.3) is 5.57 Å². The highest BCUT2D eigenvalue weighted by Crippen LogP contribution is 2.33. The van der Waals surface area contributed by atoms with Gasteiger partial charge in [0.05, 0.1) is 13.0 Å². The van der Waals surface area contributed by atoms with Crippen molar-refractivity contribution in [1.29, 1.82) is 0 Å². The predicted molar refractivity (Wildman–Crippen MR) is 66.1 cm³/mol. The molecule has 0 saturated carbocycles. The van der Waals surface area contributed by atoms with E-state index in [-0.39, 0.29) is 0 Å². The molecule has 0 saturated heterocycles. The van der Waals surface area contributed by atoms with E-state index in [1.165, 1.54) is 5.56 Å². The molecule has 0 aromatic heterocycles. The Bertz CT molecular complexity index is 474. The highest BCUT2D eigenvalue weighted by atomic mass is 16.5. The fraction of sp³-hybridized carbons (Fsp3) is 0.357. The number of carbonyl (C=O) groups is 1. The number of hydrogen-bond donors (Lipinski definition) is 1. The number of carboxylic acid groups (broad SMARTS) is 1. The summed E-state index contributed by atoms with van der Waals surface area (Å²) in [6.07, 6.45) is 3.88. The molecule has 0 amide bonds. The van der Waals surface area contributed by atoms with Crippen LogP contribution in [0.1, 0.15) is 24.5 Å². The lowest BCUT2D eigenvalue weighted by Gasteiger charge is -2.21. The van der Waals surface area contributed by atoms with E-state index in [2.05, 4.69) is 0 Å². The Balaban J connectivity index is 2.41. The second kappa shape index (κ2) is 4.62. The number of hydrogen-bond acceptors (Lipinski definition) is 2. The molecular formula is C14H16O3. The van der Waals surface area contributed by atoms with Crippen molar-refractivity contribution < 1.29 is 14.6 Å². The molecule has 1 N–H and O–H groups in total. The molecular weight excluding hydrogens is 216 g/mol. The first-order valence-corrected chi connectivity index (χ1v) is 5.73. The normalized spacial score (nSPS) is 15.8. The van der Waals surface area contributed by atoms with Crippen molar-refractivity contribution in [2.75, 3.05) is 7.11 Å². The Labute approximate surface area is 101 Å². The van der Waals surface area contributed by atoms with Gasteiger partial charge in [0, 0.05) is 0 Å². The summed E-state index contributed by atoms with van der Waals surface area (Å²) in [6.45, 7) is 1.73. The van der Waals surface area contributed by atoms with Crippen molar-refractivity contribution in [3.05, 3.63) is 35.4 Å². The van der Waals surface area contributed by atoms with E-state index in [1.54, 1.807) is 14.0 Å². The molecule has 3 heteroatoms. The van der Waals surface area contributed by atoms with Gasteiger partial charge in [-0.3, -0.25) is 4.79 Å². The molecule has 0 radical (unpaired) electrons. The van der Waals surface area contributed by atoms with Crippen LogP contribution in [-0.4, -0.2) is 18.2 Å². The number of benzene rings is 1. The topological polar surface area (TPSA) is 46.5 Å². The monoisotopic (exact) mass is 232 g/mol. The Hall–Kier alpha value is -1.77. The molecule has 1 aromatic carbocycles. The van der Waals surface area contributed by atoms with Gasteiger partial charge in [-0.05, 0) is 48.6 Å². The van der Waals surface area contributed by atoms with Crippen LogP contribution in [-0.2, 0) is 11.2 Å². The quantitative estimate of drug-likeness (QED) is 0.871. The van der Waals surface area contributed by atoms with Crippen LogP contribution in [0, 0.1) is 5.92 Å². The minimum absolute atomic E-state index is 0.456. The standard InChI is InChI=1S/C14H16O3/c1-9(14(15)16)12-5-3-4-10-8-11(17-2)6-7-13(10)12/h5-9H,3-4H2,1-2H3,(H,15,16)/t9-/m0/s1. The van der Waals surface area contributed by atoms with Crippen LogP contribution in [0.2, 0.25) is 0 Å². The lowest BCUT2D eigenvalue weighted by Crippen LogP contribution is -2.14. The molecule has 90 valence electrons.